The third-order valence-electron chi connectivity index (χ3n) is 6.44. The van der Waals surface area contributed by atoms with E-state index in [1.54, 1.807) is 17.7 Å². The Hall–Kier alpha value is -2.55. The summed E-state index contributed by atoms with van der Waals surface area (Å²) in [6, 6.07) is 6.25. The second-order valence-electron chi connectivity index (χ2n) is 8.49. The molecule has 0 aliphatic carbocycles. The SMILES string of the molecule is CCc1nc(-c2cccc(OC(F)(F)F)c2)n(C)c1C(=O)N1CCC(N2CCCC2)CC1. The highest BCUT2D eigenvalue weighted by atomic mass is 19.4. The highest BCUT2D eigenvalue weighted by molar-refractivity contribution is 5.94. The van der Waals surface area contributed by atoms with Gasteiger partial charge in [0.05, 0.1) is 5.69 Å². The number of amides is 1. The molecule has 0 N–H and O–H groups in total. The normalized spacial score (nSPS) is 18.3. The summed E-state index contributed by atoms with van der Waals surface area (Å²) in [5, 5.41) is 0. The molecule has 1 aromatic heterocycles. The number of piperidine rings is 1. The third kappa shape index (κ3) is 4.77. The average molecular weight is 451 g/mol. The van der Waals surface area contributed by atoms with Gasteiger partial charge in [-0.15, -0.1) is 13.2 Å². The van der Waals surface area contributed by atoms with Crippen molar-refractivity contribution in [3.8, 4) is 17.1 Å². The lowest BCUT2D eigenvalue weighted by Crippen LogP contribution is -2.46. The molecule has 0 radical (unpaired) electrons. The Balaban J connectivity index is 1.54. The number of carbonyl (C=O) groups excluding carboxylic acids is 1. The minimum absolute atomic E-state index is 0.0642. The van der Waals surface area contributed by atoms with Crippen LogP contribution in [-0.2, 0) is 13.5 Å². The number of rotatable bonds is 5. The van der Waals surface area contributed by atoms with Crippen LogP contribution in [0.5, 0.6) is 5.75 Å². The highest BCUT2D eigenvalue weighted by Gasteiger charge is 2.33. The first-order valence-electron chi connectivity index (χ1n) is 11.2. The highest BCUT2D eigenvalue weighted by Crippen LogP contribution is 2.30. The Morgan fingerprint density at radius 3 is 2.47 bits per heavy atom. The molecule has 1 amide bonds. The number of hydrogen-bond donors (Lipinski definition) is 0. The van der Waals surface area contributed by atoms with Gasteiger partial charge in [0.1, 0.15) is 17.3 Å². The maximum atomic E-state index is 13.4. The van der Waals surface area contributed by atoms with Gasteiger partial charge >= 0.3 is 6.36 Å². The number of hydrogen-bond acceptors (Lipinski definition) is 4. The molecular weight excluding hydrogens is 421 g/mol. The second-order valence-corrected chi connectivity index (χ2v) is 8.49. The number of imidazole rings is 1. The van der Waals surface area contributed by atoms with Crippen molar-refractivity contribution in [2.45, 2.75) is 51.4 Å². The first kappa shape index (κ1) is 22.6. The summed E-state index contributed by atoms with van der Waals surface area (Å²) in [4.78, 5) is 22.4. The molecule has 174 valence electrons. The quantitative estimate of drug-likeness (QED) is 0.684. The van der Waals surface area contributed by atoms with Crippen molar-refractivity contribution in [1.29, 1.82) is 0 Å². The fourth-order valence-electron chi connectivity index (χ4n) is 4.85. The van der Waals surface area contributed by atoms with Gasteiger partial charge in [0, 0.05) is 31.7 Å². The number of aryl methyl sites for hydroxylation is 1. The number of alkyl halides is 3. The predicted octanol–water partition coefficient (Wildman–Crippen LogP) is 4.25. The fraction of sp³-hybridized carbons (Fsp3) is 0.565. The number of likely N-dealkylation sites (tertiary alicyclic amines) is 2. The minimum atomic E-state index is -4.77. The Morgan fingerprint density at radius 2 is 1.84 bits per heavy atom. The van der Waals surface area contributed by atoms with Crippen LogP contribution < -0.4 is 4.74 Å². The summed E-state index contributed by atoms with van der Waals surface area (Å²) in [7, 11) is 1.74. The van der Waals surface area contributed by atoms with Crippen LogP contribution in [0.1, 0.15) is 48.8 Å². The molecule has 0 atom stereocenters. The summed E-state index contributed by atoms with van der Waals surface area (Å²) in [6.45, 7) is 5.64. The van der Waals surface area contributed by atoms with Gasteiger partial charge in [-0.25, -0.2) is 4.98 Å². The Kier molecular flexibility index (Phi) is 6.46. The van der Waals surface area contributed by atoms with Gasteiger partial charge in [0.2, 0.25) is 0 Å². The van der Waals surface area contributed by atoms with Crippen LogP contribution in [-0.4, -0.2) is 63.8 Å². The molecular formula is C23H29F3N4O2. The molecule has 3 heterocycles. The number of carbonyl (C=O) groups is 1. The monoisotopic (exact) mass is 450 g/mol. The van der Waals surface area contributed by atoms with E-state index in [1.165, 1.54) is 31.0 Å². The van der Waals surface area contributed by atoms with Crippen LogP contribution in [0.3, 0.4) is 0 Å². The van der Waals surface area contributed by atoms with Gasteiger partial charge < -0.3 is 19.1 Å². The Bertz CT molecular complexity index is 959. The van der Waals surface area contributed by atoms with E-state index in [4.69, 9.17) is 0 Å². The summed E-state index contributed by atoms with van der Waals surface area (Å²) in [6.07, 6.45) is 0.233. The van der Waals surface area contributed by atoms with Gasteiger partial charge in [-0.3, -0.25) is 4.79 Å². The summed E-state index contributed by atoms with van der Waals surface area (Å²) >= 11 is 0. The van der Waals surface area contributed by atoms with E-state index >= 15 is 0 Å². The molecule has 2 saturated heterocycles. The largest absolute Gasteiger partial charge is 0.573 e. The topological polar surface area (TPSA) is 50.6 Å². The molecule has 0 unspecified atom stereocenters. The fourth-order valence-corrected chi connectivity index (χ4v) is 4.85. The zero-order valence-electron chi connectivity index (χ0n) is 18.5. The number of aromatic nitrogens is 2. The van der Waals surface area contributed by atoms with E-state index < -0.39 is 6.36 Å². The van der Waals surface area contributed by atoms with Crippen molar-refractivity contribution in [3.63, 3.8) is 0 Å². The Morgan fingerprint density at radius 1 is 1.16 bits per heavy atom. The zero-order valence-corrected chi connectivity index (χ0v) is 18.5. The third-order valence-corrected chi connectivity index (χ3v) is 6.44. The first-order valence-corrected chi connectivity index (χ1v) is 11.2. The first-order chi connectivity index (χ1) is 15.3. The van der Waals surface area contributed by atoms with Crippen LogP contribution in [0, 0.1) is 0 Å². The predicted molar refractivity (Wildman–Crippen MR) is 114 cm³/mol. The number of ether oxygens (including phenoxy) is 1. The van der Waals surface area contributed by atoms with Gasteiger partial charge in [0.15, 0.2) is 0 Å². The summed E-state index contributed by atoms with van der Waals surface area (Å²) in [5.74, 6) is 0.0726. The van der Waals surface area contributed by atoms with E-state index in [1.807, 2.05) is 11.8 Å². The molecule has 2 fully saturated rings. The van der Waals surface area contributed by atoms with Crippen LogP contribution in [0.15, 0.2) is 24.3 Å². The smallest absolute Gasteiger partial charge is 0.406 e. The molecule has 0 saturated carbocycles. The van der Waals surface area contributed by atoms with E-state index in [9.17, 15) is 18.0 Å². The number of halogens is 3. The van der Waals surface area contributed by atoms with Crippen molar-refractivity contribution >= 4 is 5.91 Å². The maximum Gasteiger partial charge on any atom is 0.573 e. The van der Waals surface area contributed by atoms with Crippen molar-refractivity contribution in [3.05, 3.63) is 35.7 Å². The van der Waals surface area contributed by atoms with Crippen LogP contribution in [0.25, 0.3) is 11.4 Å². The van der Waals surface area contributed by atoms with Gasteiger partial charge in [-0.1, -0.05) is 19.1 Å². The molecule has 6 nitrogen and oxygen atoms in total. The minimum Gasteiger partial charge on any atom is -0.406 e. The van der Waals surface area contributed by atoms with E-state index in [0.29, 0.717) is 48.3 Å². The van der Waals surface area contributed by atoms with Crippen molar-refractivity contribution in [1.82, 2.24) is 19.4 Å². The van der Waals surface area contributed by atoms with Crippen molar-refractivity contribution in [2.75, 3.05) is 26.2 Å². The lowest BCUT2D eigenvalue weighted by Gasteiger charge is -2.36. The molecule has 0 spiro atoms. The summed E-state index contributed by atoms with van der Waals surface area (Å²) < 4.78 is 43.6. The van der Waals surface area contributed by atoms with Gasteiger partial charge in [0.25, 0.3) is 5.91 Å². The zero-order chi connectivity index (χ0) is 22.9. The molecule has 32 heavy (non-hydrogen) atoms. The molecule has 0 bridgehead atoms. The van der Waals surface area contributed by atoms with Crippen LogP contribution >= 0.6 is 0 Å². The number of benzene rings is 1. The molecule has 2 aliphatic rings. The van der Waals surface area contributed by atoms with Gasteiger partial charge in [-0.2, -0.15) is 0 Å². The van der Waals surface area contributed by atoms with Crippen molar-refractivity contribution < 1.29 is 22.7 Å². The molecule has 2 aromatic rings. The second kappa shape index (κ2) is 9.13. The summed E-state index contributed by atoms with van der Waals surface area (Å²) in [5.41, 5.74) is 1.62. The average Bonchev–Trinajstić information content (AvgIpc) is 3.40. The number of nitrogens with zero attached hydrogens (tertiary/aromatic N) is 4. The van der Waals surface area contributed by atoms with Gasteiger partial charge in [-0.05, 0) is 57.3 Å². The molecule has 4 rings (SSSR count). The lowest BCUT2D eigenvalue weighted by molar-refractivity contribution is -0.274. The lowest BCUT2D eigenvalue weighted by atomic mass is 10.0. The molecule has 1 aromatic carbocycles. The van der Waals surface area contributed by atoms with E-state index in [0.717, 1.165) is 25.9 Å². The molecule has 2 aliphatic heterocycles. The van der Waals surface area contributed by atoms with Crippen LogP contribution in [0.2, 0.25) is 0 Å². The van der Waals surface area contributed by atoms with E-state index in [-0.39, 0.29) is 11.7 Å². The molecule has 9 heteroatoms. The van der Waals surface area contributed by atoms with Crippen molar-refractivity contribution in [2.24, 2.45) is 7.05 Å². The van der Waals surface area contributed by atoms with E-state index in [2.05, 4.69) is 14.6 Å². The Labute approximate surface area is 186 Å². The standard InChI is InChI=1S/C23H29F3N4O2/c1-3-19-20(22(31)30-13-9-17(10-14-30)29-11-4-5-12-29)28(2)21(27-19)16-7-6-8-18(15-16)32-23(24,25)26/h6-8,15,17H,3-5,9-14H2,1-2H3. The van der Waals surface area contributed by atoms with Crippen LogP contribution in [0.4, 0.5) is 13.2 Å². The maximum absolute atomic E-state index is 13.4.